The third-order valence-corrected chi connectivity index (χ3v) is 2.26. The number of amides is 1. The van der Waals surface area contributed by atoms with Crippen LogP contribution in [-0.4, -0.2) is 12.1 Å². The Morgan fingerprint density at radius 3 is 3.07 bits per heavy atom. The lowest BCUT2D eigenvalue weighted by Gasteiger charge is -1.99. The van der Waals surface area contributed by atoms with Crippen LogP contribution >= 0.6 is 15.9 Å². The quantitative estimate of drug-likeness (QED) is 0.662. The number of halogens is 1. The highest BCUT2D eigenvalue weighted by molar-refractivity contribution is 9.10. The van der Waals surface area contributed by atoms with Crippen LogP contribution in [-0.2, 0) is 0 Å². The fraction of sp³-hybridized carbons (Fsp3) is 0.273. The van der Waals surface area contributed by atoms with Crippen molar-refractivity contribution < 1.29 is 4.79 Å². The molecule has 0 atom stereocenters. The van der Waals surface area contributed by atoms with E-state index in [1.165, 1.54) is 0 Å². The van der Waals surface area contributed by atoms with Crippen LogP contribution in [0.15, 0.2) is 33.8 Å². The smallest absolute Gasteiger partial charge is 0.267 e. The summed E-state index contributed by atoms with van der Waals surface area (Å²) in [6.45, 7) is 2.06. The highest BCUT2D eigenvalue weighted by Crippen LogP contribution is 2.11. The molecule has 0 fully saturated rings. The maximum atomic E-state index is 11.5. The van der Waals surface area contributed by atoms with E-state index < -0.39 is 0 Å². The van der Waals surface area contributed by atoms with E-state index in [4.69, 9.17) is 0 Å². The molecule has 3 nitrogen and oxygen atoms in total. The number of benzene rings is 1. The maximum Gasteiger partial charge on any atom is 0.271 e. The molecular weight excluding hydrogens is 256 g/mol. The van der Waals surface area contributed by atoms with Gasteiger partial charge >= 0.3 is 0 Å². The van der Waals surface area contributed by atoms with Crippen molar-refractivity contribution in [2.45, 2.75) is 19.8 Å². The molecule has 0 radical (unpaired) electrons. The zero-order chi connectivity index (χ0) is 11.1. The molecule has 0 saturated heterocycles. The molecule has 0 aliphatic rings. The molecule has 0 unspecified atom stereocenters. The Balaban J connectivity index is 2.54. The second-order valence-corrected chi connectivity index (χ2v) is 3.97. The molecule has 0 aromatic heterocycles. The summed E-state index contributed by atoms with van der Waals surface area (Å²) in [7, 11) is 0. The molecule has 0 aliphatic heterocycles. The Hall–Kier alpha value is -1.16. The second kappa shape index (κ2) is 6.35. The Morgan fingerprint density at radius 1 is 1.60 bits per heavy atom. The molecule has 1 rings (SSSR count). The molecule has 1 aromatic carbocycles. The lowest BCUT2D eigenvalue weighted by molar-refractivity contribution is 0.0955. The Labute approximate surface area is 97.7 Å². The first-order valence-corrected chi connectivity index (χ1v) is 5.60. The fourth-order valence-corrected chi connectivity index (χ4v) is 1.39. The number of carbonyl (C=O) groups is 1. The number of nitrogens with zero attached hydrogens (tertiary/aromatic N) is 1. The van der Waals surface area contributed by atoms with Gasteiger partial charge in [-0.3, -0.25) is 4.79 Å². The van der Waals surface area contributed by atoms with Crippen LogP contribution in [0.3, 0.4) is 0 Å². The molecule has 1 N–H and O–H groups in total. The summed E-state index contributed by atoms with van der Waals surface area (Å²) in [6, 6.07) is 7.19. The van der Waals surface area contributed by atoms with Gasteiger partial charge in [0.1, 0.15) is 0 Å². The lowest BCUT2D eigenvalue weighted by Crippen LogP contribution is -2.17. The van der Waals surface area contributed by atoms with Gasteiger partial charge in [0.15, 0.2) is 0 Å². The van der Waals surface area contributed by atoms with Crippen LogP contribution in [0.2, 0.25) is 0 Å². The fourth-order valence-electron chi connectivity index (χ4n) is 0.992. The minimum atomic E-state index is -0.191. The molecule has 0 spiro atoms. The number of unbranched alkanes of at least 4 members (excludes halogenated alkanes) is 1. The number of hydrogen-bond donors (Lipinski definition) is 1. The van der Waals surface area contributed by atoms with Crippen LogP contribution < -0.4 is 5.43 Å². The van der Waals surface area contributed by atoms with Gasteiger partial charge in [0.05, 0.1) is 0 Å². The first-order chi connectivity index (χ1) is 7.24. The van der Waals surface area contributed by atoms with Crippen LogP contribution in [0, 0.1) is 0 Å². The number of hydrogen-bond acceptors (Lipinski definition) is 2. The Morgan fingerprint density at radius 2 is 2.40 bits per heavy atom. The predicted octanol–water partition coefficient (Wildman–Crippen LogP) is 2.96. The third-order valence-electron chi connectivity index (χ3n) is 1.76. The van der Waals surface area contributed by atoms with Gasteiger partial charge in [-0.25, -0.2) is 5.43 Å². The number of carbonyl (C=O) groups excluding carboxylic acids is 1. The average Bonchev–Trinajstić information content (AvgIpc) is 2.24. The molecule has 80 valence electrons. The van der Waals surface area contributed by atoms with Crippen molar-refractivity contribution in [1.29, 1.82) is 0 Å². The number of rotatable bonds is 4. The van der Waals surface area contributed by atoms with Crippen molar-refractivity contribution in [3.05, 3.63) is 34.3 Å². The summed E-state index contributed by atoms with van der Waals surface area (Å²) in [4.78, 5) is 11.5. The van der Waals surface area contributed by atoms with Crippen molar-refractivity contribution in [3.8, 4) is 0 Å². The topological polar surface area (TPSA) is 41.5 Å². The van der Waals surface area contributed by atoms with Gasteiger partial charge in [0.25, 0.3) is 5.91 Å². The van der Waals surface area contributed by atoms with Crippen molar-refractivity contribution in [2.24, 2.45) is 5.10 Å². The monoisotopic (exact) mass is 268 g/mol. The van der Waals surface area contributed by atoms with E-state index >= 15 is 0 Å². The van der Waals surface area contributed by atoms with Gasteiger partial charge in [0.2, 0.25) is 0 Å². The zero-order valence-electron chi connectivity index (χ0n) is 8.53. The molecule has 0 bridgehead atoms. The van der Waals surface area contributed by atoms with Gasteiger partial charge in [-0.1, -0.05) is 35.3 Å². The molecule has 4 heteroatoms. The Kier molecular flexibility index (Phi) is 5.04. The standard InChI is InChI=1S/C11H13BrN2O/c1-2-3-7-13-14-11(15)9-5-4-6-10(12)8-9/h4-8H,2-3H2,1H3,(H,14,15)/b13-7-. The zero-order valence-corrected chi connectivity index (χ0v) is 10.1. The maximum absolute atomic E-state index is 11.5. The number of hydrazone groups is 1. The predicted molar refractivity (Wildman–Crippen MR) is 65.0 cm³/mol. The normalized spacial score (nSPS) is 10.5. The van der Waals surface area contributed by atoms with E-state index in [-0.39, 0.29) is 5.91 Å². The van der Waals surface area contributed by atoms with Crippen molar-refractivity contribution in [1.82, 2.24) is 5.43 Å². The van der Waals surface area contributed by atoms with Crippen LogP contribution in [0.25, 0.3) is 0 Å². The van der Waals surface area contributed by atoms with Crippen molar-refractivity contribution >= 4 is 28.1 Å². The van der Waals surface area contributed by atoms with Gasteiger partial charge in [0, 0.05) is 16.3 Å². The van der Waals surface area contributed by atoms with E-state index in [0.29, 0.717) is 5.56 Å². The first-order valence-electron chi connectivity index (χ1n) is 4.81. The minimum absolute atomic E-state index is 0.191. The highest BCUT2D eigenvalue weighted by atomic mass is 79.9. The van der Waals surface area contributed by atoms with Crippen molar-refractivity contribution in [3.63, 3.8) is 0 Å². The summed E-state index contributed by atoms with van der Waals surface area (Å²) >= 11 is 3.31. The first kappa shape index (κ1) is 11.9. The van der Waals surface area contributed by atoms with E-state index in [9.17, 15) is 4.79 Å². The summed E-state index contributed by atoms with van der Waals surface area (Å²) < 4.78 is 0.882. The highest BCUT2D eigenvalue weighted by Gasteiger charge is 2.03. The largest absolute Gasteiger partial charge is 0.271 e. The number of nitrogens with one attached hydrogen (secondary N) is 1. The molecule has 0 heterocycles. The molecule has 15 heavy (non-hydrogen) atoms. The average molecular weight is 269 g/mol. The van der Waals surface area contributed by atoms with Gasteiger partial charge in [-0.15, -0.1) is 0 Å². The van der Waals surface area contributed by atoms with E-state index in [1.54, 1.807) is 18.3 Å². The van der Waals surface area contributed by atoms with Crippen LogP contribution in [0.4, 0.5) is 0 Å². The van der Waals surface area contributed by atoms with Crippen molar-refractivity contribution in [2.75, 3.05) is 0 Å². The molecule has 0 saturated carbocycles. The van der Waals surface area contributed by atoms with Gasteiger partial charge in [-0.2, -0.15) is 5.10 Å². The van der Waals surface area contributed by atoms with E-state index in [1.807, 2.05) is 12.1 Å². The molecular formula is C11H13BrN2O. The van der Waals surface area contributed by atoms with Crippen LogP contribution in [0.1, 0.15) is 30.1 Å². The second-order valence-electron chi connectivity index (χ2n) is 3.05. The lowest BCUT2D eigenvalue weighted by atomic mass is 10.2. The van der Waals surface area contributed by atoms with E-state index in [0.717, 1.165) is 17.3 Å². The summed E-state index contributed by atoms with van der Waals surface area (Å²) in [5.41, 5.74) is 3.07. The summed E-state index contributed by atoms with van der Waals surface area (Å²) in [6.07, 6.45) is 3.60. The Bertz CT molecular complexity index is 363. The van der Waals surface area contributed by atoms with Crippen LogP contribution in [0.5, 0.6) is 0 Å². The molecule has 1 amide bonds. The summed E-state index contributed by atoms with van der Waals surface area (Å²) in [5, 5.41) is 3.83. The molecule has 0 aliphatic carbocycles. The molecule has 1 aromatic rings. The minimum Gasteiger partial charge on any atom is -0.267 e. The van der Waals surface area contributed by atoms with Gasteiger partial charge in [-0.05, 0) is 24.6 Å². The van der Waals surface area contributed by atoms with Gasteiger partial charge < -0.3 is 0 Å². The van der Waals surface area contributed by atoms with E-state index in [2.05, 4.69) is 33.4 Å². The third kappa shape index (κ3) is 4.25. The summed E-state index contributed by atoms with van der Waals surface area (Å²) in [5.74, 6) is -0.191. The SMILES string of the molecule is CCC/C=N\NC(=O)c1cccc(Br)c1.